The second kappa shape index (κ2) is 5.35. The number of benzene rings is 1. The molecule has 1 heterocycles. The molecule has 0 N–H and O–H groups in total. The summed E-state index contributed by atoms with van der Waals surface area (Å²) >= 11 is 10.4. The van der Waals surface area contributed by atoms with E-state index in [0.717, 1.165) is 0 Å². The van der Waals surface area contributed by atoms with Crippen molar-refractivity contribution in [3.8, 4) is 17.1 Å². The molecule has 0 amide bonds. The molecule has 0 aliphatic rings. The average molecular weight is 311 g/mol. The van der Waals surface area contributed by atoms with Crippen molar-refractivity contribution in [1.29, 1.82) is 0 Å². The Bertz CT molecular complexity index is 556. The van der Waals surface area contributed by atoms with E-state index in [9.17, 15) is 13.2 Å². The summed E-state index contributed by atoms with van der Waals surface area (Å²) in [7, 11) is 0. The van der Waals surface area contributed by atoms with Gasteiger partial charge in [-0.3, -0.25) is 0 Å². The normalized spacial score (nSPS) is 13.3. The number of alkyl halides is 4. The molecule has 2 nitrogen and oxygen atoms in total. The minimum atomic E-state index is -4.17. The smallest absolute Gasteiger partial charge is 0.444 e. The Labute approximate surface area is 116 Å². The van der Waals surface area contributed by atoms with Crippen LogP contribution in [0.15, 0.2) is 41.0 Å². The van der Waals surface area contributed by atoms with Crippen LogP contribution in [0.5, 0.6) is 5.75 Å². The van der Waals surface area contributed by atoms with Crippen molar-refractivity contribution >= 4 is 23.2 Å². The van der Waals surface area contributed by atoms with Crippen LogP contribution in [0.3, 0.4) is 0 Å². The van der Waals surface area contributed by atoms with Crippen LogP contribution in [0.4, 0.5) is 13.2 Å². The van der Waals surface area contributed by atoms with Gasteiger partial charge in [-0.2, -0.15) is 8.78 Å². The maximum Gasteiger partial charge on any atom is 0.444 e. The molecule has 102 valence electrons. The molecule has 1 unspecified atom stereocenters. The fourth-order valence-corrected chi connectivity index (χ4v) is 1.57. The molecular formula is C12H7Cl2F3O2. The lowest BCUT2D eigenvalue weighted by molar-refractivity contribution is -0.198. The molecule has 0 fully saturated rings. The van der Waals surface area contributed by atoms with Gasteiger partial charge in [-0.1, -0.05) is 23.2 Å². The van der Waals surface area contributed by atoms with Crippen LogP contribution in [0, 0.1) is 0 Å². The van der Waals surface area contributed by atoms with Crippen molar-refractivity contribution in [2.24, 2.45) is 0 Å². The number of hydrogen-bond donors (Lipinski definition) is 0. The highest BCUT2D eigenvalue weighted by Crippen LogP contribution is 2.36. The summed E-state index contributed by atoms with van der Waals surface area (Å²) < 4.78 is 48.0. The zero-order chi connectivity index (χ0) is 14.0. The summed E-state index contributed by atoms with van der Waals surface area (Å²) in [4.78, 5) is 0. The standard InChI is InChI=1S/C12H7Cl2F3O2/c13-8-4-3-7(9-2-1-5-18-9)6-10(8)19-12(16,17)11(14)15/h1-6,11H. The fourth-order valence-electron chi connectivity index (χ4n) is 1.37. The highest BCUT2D eigenvalue weighted by atomic mass is 35.5. The Kier molecular flexibility index (Phi) is 3.96. The predicted octanol–water partition coefficient (Wildman–Crippen LogP) is 5.11. The van der Waals surface area contributed by atoms with E-state index in [1.54, 1.807) is 18.2 Å². The van der Waals surface area contributed by atoms with Gasteiger partial charge < -0.3 is 9.15 Å². The highest BCUT2D eigenvalue weighted by molar-refractivity contribution is 6.32. The van der Waals surface area contributed by atoms with Crippen LogP contribution in [0.2, 0.25) is 5.02 Å². The molecule has 19 heavy (non-hydrogen) atoms. The zero-order valence-electron chi connectivity index (χ0n) is 9.25. The Morgan fingerprint density at radius 1 is 1.26 bits per heavy atom. The van der Waals surface area contributed by atoms with Crippen molar-refractivity contribution in [2.45, 2.75) is 11.7 Å². The van der Waals surface area contributed by atoms with Gasteiger partial charge in [0.05, 0.1) is 11.3 Å². The summed E-state index contributed by atoms with van der Waals surface area (Å²) in [5.41, 5.74) is -2.51. The van der Waals surface area contributed by atoms with Gasteiger partial charge in [0.15, 0.2) is 0 Å². The lowest BCUT2D eigenvalue weighted by Gasteiger charge is -2.18. The molecule has 0 aliphatic heterocycles. The van der Waals surface area contributed by atoms with E-state index in [1.165, 1.54) is 18.4 Å². The second-order valence-electron chi connectivity index (χ2n) is 3.59. The summed E-state index contributed by atoms with van der Waals surface area (Å²) in [6.07, 6.45) is -2.75. The van der Waals surface area contributed by atoms with Gasteiger partial charge in [0.1, 0.15) is 11.5 Å². The maximum absolute atomic E-state index is 13.1. The number of ether oxygens (including phenoxy) is 1. The summed E-state index contributed by atoms with van der Waals surface area (Å²) in [6, 6.07) is 7.38. The minimum absolute atomic E-state index is 0.0905. The van der Waals surface area contributed by atoms with Crippen molar-refractivity contribution in [2.75, 3.05) is 0 Å². The second-order valence-corrected chi connectivity index (χ2v) is 4.38. The van der Waals surface area contributed by atoms with Crippen LogP contribution >= 0.6 is 23.2 Å². The SMILES string of the molecule is FC(Cl)C(F)(F)Oc1cc(-c2ccco2)ccc1Cl. The first-order chi connectivity index (χ1) is 8.90. The van der Waals surface area contributed by atoms with Crippen molar-refractivity contribution in [1.82, 2.24) is 0 Å². The lowest BCUT2D eigenvalue weighted by Crippen LogP contribution is -2.32. The molecule has 1 aromatic carbocycles. The molecule has 0 saturated heterocycles. The highest BCUT2D eigenvalue weighted by Gasteiger charge is 2.42. The summed E-state index contributed by atoms with van der Waals surface area (Å²) in [5.74, 6) is 0.0522. The van der Waals surface area contributed by atoms with Crippen LogP contribution in [0.25, 0.3) is 11.3 Å². The first kappa shape index (κ1) is 14.1. The number of rotatable bonds is 4. The van der Waals surface area contributed by atoms with Gasteiger partial charge in [-0.25, -0.2) is 4.39 Å². The van der Waals surface area contributed by atoms with E-state index >= 15 is 0 Å². The van der Waals surface area contributed by atoms with Crippen molar-refractivity contribution in [3.05, 3.63) is 41.6 Å². The van der Waals surface area contributed by atoms with E-state index in [-0.39, 0.29) is 10.8 Å². The number of furan rings is 1. The van der Waals surface area contributed by atoms with Crippen molar-refractivity contribution in [3.63, 3.8) is 0 Å². The third kappa shape index (κ3) is 3.16. The predicted molar refractivity (Wildman–Crippen MR) is 65.5 cm³/mol. The van der Waals surface area contributed by atoms with E-state index < -0.39 is 11.7 Å². The van der Waals surface area contributed by atoms with Gasteiger partial charge in [-0.15, -0.1) is 0 Å². The zero-order valence-corrected chi connectivity index (χ0v) is 10.8. The molecule has 2 rings (SSSR count). The quantitative estimate of drug-likeness (QED) is 0.732. The Morgan fingerprint density at radius 3 is 2.58 bits per heavy atom. The monoisotopic (exact) mass is 310 g/mol. The van der Waals surface area contributed by atoms with Gasteiger partial charge >= 0.3 is 6.11 Å². The molecule has 0 radical (unpaired) electrons. The van der Waals surface area contributed by atoms with E-state index in [1.807, 2.05) is 0 Å². The Morgan fingerprint density at radius 2 is 2.00 bits per heavy atom. The van der Waals surface area contributed by atoms with Gasteiger partial charge in [0.25, 0.3) is 5.63 Å². The topological polar surface area (TPSA) is 22.4 Å². The summed E-state index contributed by atoms with van der Waals surface area (Å²) in [5, 5.41) is -0.0905. The maximum atomic E-state index is 13.1. The average Bonchev–Trinajstić information content (AvgIpc) is 2.85. The summed E-state index contributed by atoms with van der Waals surface area (Å²) in [6.45, 7) is 0. The van der Waals surface area contributed by atoms with Crippen molar-refractivity contribution < 1.29 is 22.3 Å². The van der Waals surface area contributed by atoms with Gasteiger partial charge in [-0.05, 0) is 30.3 Å². The number of hydrogen-bond acceptors (Lipinski definition) is 2. The molecule has 7 heteroatoms. The first-order valence-electron chi connectivity index (χ1n) is 5.08. The van der Waals surface area contributed by atoms with Crippen LogP contribution < -0.4 is 4.74 Å². The molecule has 1 aromatic heterocycles. The number of halogens is 5. The van der Waals surface area contributed by atoms with Gasteiger partial charge in [0, 0.05) is 5.56 Å². The first-order valence-corrected chi connectivity index (χ1v) is 5.90. The molecular weight excluding hydrogens is 304 g/mol. The van der Waals surface area contributed by atoms with Crippen LogP contribution in [0.1, 0.15) is 0 Å². The van der Waals surface area contributed by atoms with E-state index in [4.69, 9.17) is 27.6 Å². The van der Waals surface area contributed by atoms with Crippen LogP contribution in [-0.4, -0.2) is 11.7 Å². The third-order valence-corrected chi connectivity index (χ3v) is 2.80. The molecule has 0 spiro atoms. The Hall–Kier alpha value is -1.33. The largest absolute Gasteiger partial charge is 0.464 e. The minimum Gasteiger partial charge on any atom is -0.464 e. The van der Waals surface area contributed by atoms with Crippen LogP contribution in [-0.2, 0) is 0 Å². The molecule has 2 aromatic rings. The lowest BCUT2D eigenvalue weighted by atomic mass is 10.1. The molecule has 0 bridgehead atoms. The Balaban J connectivity index is 2.33. The van der Waals surface area contributed by atoms with E-state index in [2.05, 4.69) is 4.74 Å². The fraction of sp³-hybridized carbons (Fsp3) is 0.167. The molecule has 0 saturated carbocycles. The molecule has 1 atom stereocenters. The molecule has 0 aliphatic carbocycles. The third-order valence-electron chi connectivity index (χ3n) is 2.24. The van der Waals surface area contributed by atoms with Gasteiger partial charge in [0.2, 0.25) is 0 Å². The van der Waals surface area contributed by atoms with E-state index in [0.29, 0.717) is 11.3 Å².